The second kappa shape index (κ2) is 12.7. The molecular formula is C21H28IN5O3. The van der Waals surface area contributed by atoms with Crippen molar-refractivity contribution in [2.45, 2.75) is 20.0 Å². The highest BCUT2D eigenvalue weighted by atomic mass is 127. The number of carbonyl (C=O) groups is 2. The highest BCUT2D eigenvalue weighted by Crippen LogP contribution is 2.19. The van der Waals surface area contributed by atoms with Gasteiger partial charge < -0.3 is 26.4 Å². The third-order valence-electron chi connectivity index (χ3n) is 4.21. The summed E-state index contributed by atoms with van der Waals surface area (Å²) in [6.45, 7) is 2.94. The topological polar surface area (TPSA) is 118 Å². The van der Waals surface area contributed by atoms with E-state index in [1.165, 1.54) is 0 Å². The molecule has 0 unspecified atom stereocenters. The van der Waals surface area contributed by atoms with Gasteiger partial charge in [0.15, 0.2) is 5.96 Å². The van der Waals surface area contributed by atoms with E-state index in [1.54, 1.807) is 26.3 Å². The largest absolute Gasteiger partial charge is 0.496 e. The molecule has 162 valence electrons. The number of aliphatic imine (C=N–C) groups is 1. The average molecular weight is 525 g/mol. The van der Waals surface area contributed by atoms with Crippen molar-refractivity contribution in [2.75, 3.05) is 20.7 Å². The SMILES string of the molecule is CN=C(NCc1ccc(C(=O)NCC(N)=O)cc1)NCc1ccc(C)cc1OC.I. The summed E-state index contributed by atoms with van der Waals surface area (Å²) in [5, 5.41) is 8.94. The Morgan fingerprint density at radius 3 is 2.30 bits per heavy atom. The molecule has 2 aromatic carbocycles. The Morgan fingerprint density at radius 2 is 1.70 bits per heavy atom. The quantitative estimate of drug-likeness (QED) is 0.238. The van der Waals surface area contributed by atoms with Gasteiger partial charge in [-0.1, -0.05) is 24.3 Å². The second-order valence-corrected chi connectivity index (χ2v) is 6.44. The Morgan fingerprint density at radius 1 is 1.03 bits per heavy atom. The first kappa shape index (κ1) is 25.2. The molecule has 2 amide bonds. The molecule has 8 nitrogen and oxygen atoms in total. The van der Waals surface area contributed by atoms with E-state index in [0.717, 1.165) is 22.4 Å². The van der Waals surface area contributed by atoms with Gasteiger partial charge >= 0.3 is 0 Å². The van der Waals surface area contributed by atoms with E-state index < -0.39 is 5.91 Å². The first-order valence-electron chi connectivity index (χ1n) is 9.16. The molecule has 0 aliphatic heterocycles. The van der Waals surface area contributed by atoms with Crippen LogP contribution in [0.25, 0.3) is 0 Å². The first-order chi connectivity index (χ1) is 13.9. The molecule has 0 saturated heterocycles. The van der Waals surface area contributed by atoms with Crippen LogP contribution in [0.2, 0.25) is 0 Å². The van der Waals surface area contributed by atoms with Gasteiger partial charge in [-0.2, -0.15) is 0 Å². The van der Waals surface area contributed by atoms with Crippen molar-refractivity contribution in [3.8, 4) is 5.75 Å². The monoisotopic (exact) mass is 525 g/mol. The molecule has 0 aromatic heterocycles. The summed E-state index contributed by atoms with van der Waals surface area (Å²) < 4.78 is 5.42. The summed E-state index contributed by atoms with van der Waals surface area (Å²) in [7, 11) is 3.36. The van der Waals surface area contributed by atoms with Crippen LogP contribution in [0.15, 0.2) is 47.5 Å². The molecule has 2 rings (SSSR count). The van der Waals surface area contributed by atoms with E-state index in [1.807, 2.05) is 37.3 Å². The lowest BCUT2D eigenvalue weighted by atomic mass is 10.1. The summed E-state index contributed by atoms with van der Waals surface area (Å²) in [6, 6.07) is 13.1. The summed E-state index contributed by atoms with van der Waals surface area (Å²) in [5.74, 6) is 0.559. The van der Waals surface area contributed by atoms with Crippen molar-refractivity contribution in [1.29, 1.82) is 0 Å². The van der Waals surface area contributed by atoms with Gasteiger partial charge in [-0.3, -0.25) is 14.6 Å². The molecule has 5 N–H and O–H groups in total. The van der Waals surface area contributed by atoms with Crippen molar-refractivity contribution in [1.82, 2.24) is 16.0 Å². The van der Waals surface area contributed by atoms with Gasteiger partial charge in [0.25, 0.3) is 5.91 Å². The number of amides is 2. The summed E-state index contributed by atoms with van der Waals surface area (Å²) in [6.07, 6.45) is 0. The van der Waals surface area contributed by atoms with Crippen molar-refractivity contribution >= 4 is 41.8 Å². The number of methoxy groups -OCH3 is 1. The lowest BCUT2D eigenvalue weighted by molar-refractivity contribution is -0.117. The van der Waals surface area contributed by atoms with Gasteiger partial charge in [0.05, 0.1) is 13.7 Å². The third kappa shape index (κ3) is 7.90. The smallest absolute Gasteiger partial charge is 0.251 e. The first-order valence-corrected chi connectivity index (χ1v) is 9.16. The van der Waals surface area contributed by atoms with Crippen LogP contribution in [0.5, 0.6) is 5.75 Å². The molecule has 9 heteroatoms. The van der Waals surface area contributed by atoms with Gasteiger partial charge in [-0.15, -0.1) is 24.0 Å². The van der Waals surface area contributed by atoms with Crippen molar-refractivity contribution in [3.63, 3.8) is 0 Å². The van der Waals surface area contributed by atoms with Gasteiger partial charge in [-0.25, -0.2) is 0 Å². The van der Waals surface area contributed by atoms with E-state index in [4.69, 9.17) is 10.5 Å². The Balaban J connectivity index is 0.00000450. The normalized spacial score (nSPS) is 10.6. The highest BCUT2D eigenvalue weighted by molar-refractivity contribution is 14.0. The zero-order valence-corrected chi connectivity index (χ0v) is 19.7. The minimum atomic E-state index is -0.582. The number of hydrogen-bond acceptors (Lipinski definition) is 4. The molecule has 0 fully saturated rings. The number of rotatable bonds is 8. The maximum Gasteiger partial charge on any atom is 0.251 e. The van der Waals surface area contributed by atoms with Gasteiger partial charge in [0.1, 0.15) is 5.75 Å². The van der Waals surface area contributed by atoms with Crippen LogP contribution in [-0.4, -0.2) is 38.5 Å². The number of halogens is 1. The number of nitrogens with two attached hydrogens (primary N) is 1. The zero-order chi connectivity index (χ0) is 21.2. The fourth-order valence-corrected chi connectivity index (χ4v) is 2.63. The van der Waals surface area contributed by atoms with Crippen LogP contribution in [0.3, 0.4) is 0 Å². The second-order valence-electron chi connectivity index (χ2n) is 6.44. The van der Waals surface area contributed by atoms with Gasteiger partial charge in [0, 0.05) is 31.3 Å². The lowest BCUT2D eigenvalue weighted by Gasteiger charge is -2.14. The Bertz CT molecular complexity index is 885. The molecule has 0 aliphatic rings. The number of carbonyl (C=O) groups excluding carboxylic acids is 2. The van der Waals surface area contributed by atoms with Crippen LogP contribution < -0.4 is 26.4 Å². The molecule has 0 saturated carbocycles. The lowest BCUT2D eigenvalue weighted by Crippen LogP contribution is -2.36. The number of guanidine groups is 1. The van der Waals surface area contributed by atoms with Crippen LogP contribution in [0.4, 0.5) is 0 Å². The molecular weight excluding hydrogens is 497 g/mol. The number of nitrogens with zero attached hydrogens (tertiary/aromatic N) is 1. The highest BCUT2D eigenvalue weighted by Gasteiger charge is 2.07. The average Bonchev–Trinajstić information content (AvgIpc) is 2.73. The van der Waals surface area contributed by atoms with Crippen LogP contribution in [0, 0.1) is 6.92 Å². The maximum atomic E-state index is 11.9. The Kier molecular flexibility index (Phi) is 10.7. The van der Waals surface area contributed by atoms with Gasteiger partial charge in [0.2, 0.25) is 5.91 Å². The molecule has 2 aromatic rings. The van der Waals surface area contributed by atoms with E-state index in [9.17, 15) is 9.59 Å². The number of primary amides is 1. The number of ether oxygens (including phenoxy) is 1. The van der Waals surface area contributed by atoms with Crippen molar-refractivity contribution in [2.24, 2.45) is 10.7 Å². The minimum absolute atomic E-state index is 0. The zero-order valence-electron chi connectivity index (χ0n) is 17.3. The van der Waals surface area contributed by atoms with E-state index in [2.05, 4.69) is 20.9 Å². The number of nitrogens with one attached hydrogen (secondary N) is 3. The van der Waals surface area contributed by atoms with Gasteiger partial charge in [-0.05, 0) is 36.2 Å². The summed E-state index contributed by atoms with van der Waals surface area (Å²) >= 11 is 0. The van der Waals surface area contributed by atoms with Crippen LogP contribution >= 0.6 is 24.0 Å². The van der Waals surface area contributed by atoms with Crippen molar-refractivity contribution in [3.05, 3.63) is 64.7 Å². The molecule has 0 aliphatic carbocycles. The molecule has 0 bridgehead atoms. The summed E-state index contributed by atoms with van der Waals surface area (Å²) in [4.78, 5) is 26.9. The molecule has 0 heterocycles. The minimum Gasteiger partial charge on any atom is -0.496 e. The Hall–Kier alpha value is -2.82. The van der Waals surface area contributed by atoms with E-state index >= 15 is 0 Å². The molecule has 0 radical (unpaired) electrons. The predicted molar refractivity (Wildman–Crippen MR) is 128 cm³/mol. The number of hydrogen-bond donors (Lipinski definition) is 4. The number of benzene rings is 2. The van der Waals surface area contributed by atoms with E-state index in [0.29, 0.717) is 24.6 Å². The standard InChI is InChI=1S/C21H27N5O3.HI/c1-14-4-7-17(18(10-14)29-3)12-26-21(23-2)25-11-15-5-8-16(9-6-15)20(28)24-13-19(22)27;/h4-10H,11-13H2,1-3H3,(H2,22,27)(H,24,28)(H2,23,25,26);1H. The fourth-order valence-electron chi connectivity index (χ4n) is 2.63. The Labute approximate surface area is 193 Å². The molecule has 30 heavy (non-hydrogen) atoms. The third-order valence-corrected chi connectivity index (χ3v) is 4.21. The molecule has 0 spiro atoms. The van der Waals surface area contributed by atoms with Crippen LogP contribution in [-0.2, 0) is 17.9 Å². The predicted octanol–water partition coefficient (Wildman–Crippen LogP) is 1.70. The fraction of sp³-hybridized carbons (Fsp3) is 0.286. The van der Waals surface area contributed by atoms with Crippen molar-refractivity contribution < 1.29 is 14.3 Å². The molecule has 0 atom stereocenters. The maximum absolute atomic E-state index is 11.9. The van der Waals surface area contributed by atoms with E-state index in [-0.39, 0.29) is 36.4 Å². The number of aryl methyl sites for hydroxylation is 1. The van der Waals surface area contributed by atoms with Crippen LogP contribution in [0.1, 0.15) is 27.0 Å². The summed E-state index contributed by atoms with van der Waals surface area (Å²) in [5.41, 5.74) is 8.64.